The number of benzene rings is 2. The maximum Gasteiger partial charge on any atom is 0.405 e. The van der Waals surface area contributed by atoms with Gasteiger partial charge in [-0.05, 0) is 36.6 Å². The molecule has 30 heavy (non-hydrogen) atoms. The lowest BCUT2D eigenvalue weighted by Gasteiger charge is -2.44. The SMILES string of the molecule is CC(C)N1C(=O)c2ccccc2[C@@H](C(=O)NCC(F)(F)F)[C@@H]1c1ccc(CO)cc1. The molecule has 5 nitrogen and oxygen atoms in total. The largest absolute Gasteiger partial charge is 0.405 e. The van der Waals surface area contributed by atoms with E-state index in [1.165, 1.54) is 4.90 Å². The summed E-state index contributed by atoms with van der Waals surface area (Å²) in [6, 6.07) is 12.2. The summed E-state index contributed by atoms with van der Waals surface area (Å²) in [6.45, 7) is 1.98. The number of carbonyl (C=O) groups excluding carboxylic acids is 2. The van der Waals surface area contributed by atoms with Crippen molar-refractivity contribution in [3.05, 3.63) is 70.8 Å². The van der Waals surface area contributed by atoms with Crippen molar-refractivity contribution in [1.29, 1.82) is 0 Å². The van der Waals surface area contributed by atoms with Crippen molar-refractivity contribution < 1.29 is 27.9 Å². The van der Waals surface area contributed by atoms with Gasteiger partial charge in [0.2, 0.25) is 5.91 Å². The summed E-state index contributed by atoms with van der Waals surface area (Å²) < 4.78 is 38.2. The number of nitrogens with zero attached hydrogens (tertiary/aromatic N) is 1. The molecular formula is C22H23F3N2O3. The second-order valence-corrected chi connectivity index (χ2v) is 7.55. The molecule has 2 aromatic carbocycles. The van der Waals surface area contributed by atoms with E-state index < -0.39 is 30.6 Å². The zero-order valence-electron chi connectivity index (χ0n) is 16.6. The molecule has 0 aromatic heterocycles. The Morgan fingerprint density at radius 1 is 1.13 bits per heavy atom. The molecule has 2 amide bonds. The Kier molecular flexibility index (Phi) is 6.17. The van der Waals surface area contributed by atoms with Crippen molar-refractivity contribution >= 4 is 11.8 Å². The van der Waals surface area contributed by atoms with Gasteiger partial charge in [-0.2, -0.15) is 13.2 Å². The number of rotatable bonds is 5. The van der Waals surface area contributed by atoms with Crippen LogP contribution in [0.5, 0.6) is 0 Å². The molecule has 0 spiro atoms. The van der Waals surface area contributed by atoms with Crippen LogP contribution in [0.4, 0.5) is 13.2 Å². The summed E-state index contributed by atoms with van der Waals surface area (Å²) >= 11 is 0. The van der Waals surface area contributed by atoms with E-state index in [0.717, 1.165) is 0 Å². The standard InChI is InChI=1S/C22H23F3N2O3/c1-13(2)27-19(15-9-7-14(11-28)8-10-15)18(20(29)26-12-22(23,24)25)16-5-3-4-6-17(16)21(27)30/h3-10,13,18-19,28H,11-12H2,1-2H3,(H,26,29)/t18-,19+/m1/s1. The van der Waals surface area contributed by atoms with Crippen molar-refractivity contribution in [3.8, 4) is 0 Å². The molecule has 3 rings (SSSR count). The van der Waals surface area contributed by atoms with Crippen LogP contribution in [0.3, 0.4) is 0 Å². The molecule has 1 aliphatic rings. The van der Waals surface area contributed by atoms with Gasteiger partial charge in [0.1, 0.15) is 6.54 Å². The first-order chi connectivity index (χ1) is 14.1. The number of nitrogens with one attached hydrogen (secondary N) is 1. The number of aliphatic hydroxyl groups is 1. The van der Waals surface area contributed by atoms with E-state index in [4.69, 9.17) is 0 Å². The van der Waals surface area contributed by atoms with Crippen molar-refractivity contribution in [1.82, 2.24) is 10.2 Å². The minimum atomic E-state index is -4.55. The molecule has 2 atom stereocenters. The van der Waals surface area contributed by atoms with Crippen LogP contribution in [-0.2, 0) is 11.4 Å². The summed E-state index contributed by atoms with van der Waals surface area (Å²) in [5.74, 6) is -2.09. The highest BCUT2D eigenvalue weighted by Crippen LogP contribution is 2.44. The van der Waals surface area contributed by atoms with Crippen LogP contribution in [0.25, 0.3) is 0 Å². The average molecular weight is 420 g/mol. The summed E-state index contributed by atoms with van der Waals surface area (Å²) in [7, 11) is 0. The van der Waals surface area contributed by atoms with Gasteiger partial charge in [0.15, 0.2) is 0 Å². The van der Waals surface area contributed by atoms with E-state index in [-0.39, 0.29) is 18.6 Å². The number of halogens is 3. The molecule has 1 heterocycles. The topological polar surface area (TPSA) is 69.6 Å². The number of amides is 2. The highest BCUT2D eigenvalue weighted by atomic mass is 19.4. The molecule has 1 aliphatic heterocycles. The van der Waals surface area contributed by atoms with Crippen molar-refractivity contribution in [3.63, 3.8) is 0 Å². The van der Waals surface area contributed by atoms with Crippen LogP contribution < -0.4 is 5.32 Å². The first kappa shape index (κ1) is 21.8. The fraction of sp³-hybridized carbons (Fsp3) is 0.364. The summed E-state index contributed by atoms with van der Waals surface area (Å²) in [6.07, 6.45) is -4.55. The van der Waals surface area contributed by atoms with Gasteiger partial charge in [-0.25, -0.2) is 0 Å². The molecule has 0 saturated carbocycles. The van der Waals surface area contributed by atoms with Gasteiger partial charge >= 0.3 is 6.18 Å². The molecule has 0 saturated heterocycles. The van der Waals surface area contributed by atoms with Crippen LogP contribution in [0, 0.1) is 0 Å². The number of carbonyl (C=O) groups is 2. The van der Waals surface area contributed by atoms with Gasteiger partial charge < -0.3 is 15.3 Å². The maximum atomic E-state index is 13.2. The number of aliphatic hydroxyl groups excluding tert-OH is 1. The van der Waals surface area contributed by atoms with Crippen molar-refractivity contribution in [2.45, 2.75) is 44.6 Å². The average Bonchev–Trinajstić information content (AvgIpc) is 2.71. The third-order valence-corrected chi connectivity index (χ3v) is 5.18. The Hall–Kier alpha value is -2.87. The normalized spacial score (nSPS) is 19.0. The van der Waals surface area contributed by atoms with Crippen LogP contribution >= 0.6 is 0 Å². The van der Waals surface area contributed by atoms with Crippen molar-refractivity contribution in [2.75, 3.05) is 6.54 Å². The molecular weight excluding hydrogens is 397 g/mol. The molecule has 0 radical (unpaired) electrons. The number of alkyl halides is 3. The van der Waals surface area contributed by atoms with Crippen LogP contribution in [0.15, 0.2) is 48.5 Å². The predicted octanol–water partition coefficient (Wildman–Crippen LogP) is 3.55. The Morgan fingerprint density at radius 2 is 1.77 bits per heavy atom. The van der Waals surface area contributed by atoms with Crippen LogP contribution in [-0.4, -0.2) is 40.6 Å². The monoisotopic (exact) mass is 420 g/mol. The molecule has 2 N–H and O–H groups in total. The predicted molar refractivity (Wildman–Crippen MR) is 105 cm³/mol. The van der Waals surface area contributed by atoms with Gasteiger partial charge in [0, 0.05) is 11.6 Å². The Balaban J connectivity index is 2.13. The quantitative estimate of drug-likeness (QED) is 0.777. The minimum Gasteiger partial charge on any atom is -0.392 e. The molecule has 0 aliphatic carbocycles. The van der Waals surface area contributed by atoms with Gasteiger partial charge in [-0.15, -0.1) is 0 Å². The van der Waals surface area contributed by atoms with Gasteiger partial charge in [0.05, 0.1) is 18.6 Å². The molecule has 0 fully saturated rings. The molecule has 2 aromatic rings. The summed E-state index contributed by atoms with van der Waals surface area (Å²) in [4.78, 5) is 27.8. The van der Waals surface area contributed by atoms with Gasteiger partial charge in [-0.3, -0.25) is 9.59 Å². The van der Waals surface area contributed by atoms with Crippen molar-refractivity contribution in [2.24, 2.45) is 0 Å². The fourth-order valence-electron chi connectivity index (χ4n) is 3.87. The fourth-order valence-corrected chi connectivity index (χ4v) is 3.87. The van der Waals surface area contributed by atoms with Crippen LogP contribution in [0.2, 0.25) is 0 Å². The van der Waals surface area contributed by atoms with Gasteiger partial charge in [0.25, 0.3) is 5.91 Å². The zero-order valence-corrected chi connectivity index (χ0v) is 16.6. The van der Waals surface area contributed by atoms with E-state index >= 15 is 0 Å². The molecule has 8 heteroatoms. The lowest BCUT2D eigenvalue weighted by atomic mass is 9.78. The smallest absolute Gasteiger partial charge is 0.392 e. The van der Waals surface area contributed by atoms with Crippen LogP contribution in [0.1, 0.15) is 52.9 Å². The van der Waals surface area contributed by atoms with E-state index in [2.05, 4.69) is 0 Å². The van der Waals surface area contributed by atoms with E-state index in [0.29, 0.717) is 22.3 Å². The third kappa shape index (κ3) is 4.33. The second-order valence-electron chi connectivity index (χ2n) is 7.55. The van der Waals surface area contributed by atoms with Gasteiger partial charge in [-0.1, -0.05) is 42.5 Å². The maximum absolute atomic E-state index is 13.2. The van der Waals surface area contributed by atoms with E-state index in [9.17, 15) is 27.9 Å². The number of hydrogen-bond acceptors (Lipinski definition) is 3. The first-order valence-corrected chi connectivity index (χ1v) is 9.59. The second kappa shape index (κ2) is 8.47. The number of fused-ring (bicyclic) bond motifs is 1. The molecule has 0 bridgehead atoms. The third-order valence-electron chi connectivity index (χ3n) is 5.18. The van der Waals surface area contributed by atoms with E-state index in [1.54, 1.807) is 62.4 Å². The Bertz CT molecular complexity index is 926. The lowest BCUT2D eigenvalue weighted by molar-refractivity contribution is -0.140. The highest BCUT2D eigenvalue weighted by molar-refractivity contribution is 6.01. The Morgan fingerprint density at radius 3 is 2.33 bits per heavy atom. The molecule has 160 valence electrons. The number of hydrogen-bond donors (Lipinski definition) is 2. The summed E-state index contributed by atoms with van der Waals surface area (Å²) in [5, 5.41) is 11.3. The Labute approximate surface area is 172 Å². The lowest BCUT2D eigenvalue weighted by Crippen LogP contribution is -2.50. The van der Waals surface area contributed by atoms with E-state index in [1.807, 2.05) is 5.32 Å². The zero-order chi connectivity index (χ0) is 22.1. The highest BCUT2D eigenvalue weighted by Gasteiger charge is 2.45. The first-order valence-electron chi connectivity index (χ1n) is 9.59. The summed E-state index contributed by atoms with van der Waals surface area (Å²) in [5.41, 5.74) is 1.96. The molecule has 0 unspecified atom stereocenters. The minimum absolute atomic E-state index is 0.171.